The highest BCUT2D eigenvalue weighted by atomic mass is 28.4. The molecular weight excluding hydrogens is 556 g/mol. The molecule has 4 aromatic rings. The molecule has 2 amide bonds. The fourth-order valence-corrected chi connectivity index (χ4v) is 5.28. The third-order valence-electron chi connectivity index (χ3n) is 7.92. The summed E-state index contributed by atoms with van der Waals surface area (Å²) in [6, 6.07) is 12.1. The molecule has 2 N–H and O–H groups in total. The Hall–Kier alpha value is -4.29. The van der Waals surface area contributed by atoms with Crippen LogP contribution in [0.25, 0.3) is 10.9 Å². The lowest BCUT2D eigenvalue weighted by Crippen LogP contribution is -2.40. The number of aromatic nitrogens is 2. The molecule has 0 spiro atoms. The van der Waals surface area contributed by atoms with Crippen molar-refractivity contribution in [2.45, 2.75) is 44.8 Å². The molecule has 1 aliphatic heterocycles. The zero-order valence-corrected chi connectivity index (χ0v) is 25.7. The molecule has 2 aromatic heterocycles. The van der Waals surface area contributed by atoms with Crippen LogP contribution in [0, 0.1) is 0 Å². The largest absolute Gasteiger partial charge is 0.493 e. The van der Waals surface area contributed by atoms with Crippen molar-refractivity contribution in [3.05, 3.63) is 54.4 Å². The molecule has 0 radical (unpaired) electrons. The van der Waals surface area contributed by atoms with Gasteiger partial charge in [0.25, 0.3) is 0 Å². The highest BCUT2D eigenvalue weighted by molar-refractivity contribution is 6.72. The Balaban J connectivity index is 1.29. The van der Waals surface area contributed by atoms with Gasteiger partial charge in [-0.25, -0.2) is 4.79 Å². The number of nitrogens with zero attached hydrogens (tertiary/aromatic N) is 3. The molecule has 12 heteroatoms. The lowest BCUT2D eigenvalue weighted by atomic mass is 10.1. The summed E-state index contributed by atoms with van der Waals surface area (Å²) in [4.78, 5) is 29.8. The number of benzene rings is 2. The van der Waals surface area contributed by atoms with E-state index in [1.165, 1.54) is 0 Å². The molecule has 0 saturated heterocycles. The van der Waals surface area contributed by atoms with E-state index in [4.69, 9.17) is 23.5 Å². The van der Waals surface area contributed by atoms with Crippen molar-refractivity contribution in [2.75, 3.05) is 37.6 Å². The molecule has 5 rings (SSSR count). The Morgan fingerprint density at radius 3 is 2.60 bits per heavy atom. The summed E-state index contributed by atoms with van der Waals surface area (Å²) in [6.45, 7) is 8.69. The van der Waals surface area contributed by atoms with Crippen LogP contribution in [-0.4, -0.2) is 56.7 Å². The van der Waals surface area contributed by atoms with Gasteiger partial charge in [0, 0.05) is 36.2 Å². The van der Waals surface area contributed by atoms with Gasteiger partial charge < -0.3 is 28.3 Å². The van der Waals surface area contributed by atoms with Crippen LogP contribution in [-0.2, 0) is 6.42 Å². The standard InChI is InChI=1S/C30H36N4O7Si/c1-30(2,42(5,6)36)11-9-20-16-28(33-41-20)32-29(35)34-13-14-39-25-15-19(7-8-23(25)34)40-24-10-12-31-22-18-27(38-4)26(37-3)17-21(22)24/h7-8,10,12,15-18,36H,9,11,13-14H2,1-6H3,(H,32,33,35). The number of ether oxygens (including phenoxy) is 4. The lowest BCUT2D eigenvalue weighted by molar-refractivity contribution is 0.249. The van der Waals surface area contributed by atoms with E-state index in [2.05, 4.69) is 29.3 Å². The van der Waals surface area contributed by atoms with Crippen LogP contribution in [0.15, 0.2) is 53.2 Å². The number of aryl methyl sites for hydroxylation is 1. The van der Waals surface area contributed by atoms with Crippen molar-refractivity contribution in [3.63, 3.8) is 0 Å². The second-order valence-electron chi connectivity index (χ2n) is 11.3. The van der Waals surface area contributed by atoms with E-state index in [0.717, 1.165) is 11.8 Å². The van der Waals surface area contributed by atoms with Gasteiger partial charge in [-0.2, -0.15) is 0 Å². The summed E-state index contributed by atoms with van der Waals surface area (Å²) < 4.78 is 28.4. The average molecular weight is 593 g/mol. The van der Waals surface area contributed by atoms with Crippen LogP contribution in [0.3, 0.4) is 0 Å². The number of carbonyl (C=O) groups is 1. The first kappa shape index (κ1) is 29.2. The number of fused-ring (bicyclic) bond motifs is 2. The van der Waals surface area contributed by atoms with Crippen molar-refractivity contribution in [1.82, 2.24) is 10.1 Å². The van der Waals surface area contributed by atoms with Crippen molar-refractivity contribution in [2.24, 2.45) is 0 Å². The van der Waals surface area contributed by atoms with Crippen molar-refractivity contribution in [3.8, 4) is 28.7 Å². The van der Waals surface area contributed by atoms with E-state index >= 15 is 0 Å². The summed E-state index contributed by atoms with van der Waals surface area (Å²) >= 11 is 0. The summed E-state index contributed by atoms with van der Waals surface area (Å²) in [5, 5.41) is 7.41. The molecule has 2 aromatic carbocycles. The van der Waals surface area contributed by atoms with Gasteiger partial charge >= 0.3 is 6.03 Å². The number of anilines is 2. The number of pyridine rings is 1. The van der Waals surface area contributed by atoms with Gasteiger partial charge in [0.1, 0.15) is 29.6 Å². The Morgan fingerprint density at radius 2 is 1.86 bits per heavy atom. The Bertz CT molecular complexity index is 1600. The summed E-state index contributed by atoms with van der Waals surface area (Å²) in [6.07, 6.45) is 3.03. The number of nitrogens with one attached hydrogen (secondary N) is 1. The van der Waals surface area contributed by atoms with Gasteiger partial charge in [-0.3, -0.25) is 15.2 Å². The highest BCUT2D eigenvalue weighted by Gasteiger charge is 2.37. The summed E-state index contributed by atoms with van der Waals surface area (Å²) in [5.74, 6) is 3.77. The van der Waals surface area contributed by atoms with Crippen LogP contribution >= 0.6 is 0 Å². The number of amides is 2. The number of carbonyl (C=O) groups excluding carboxylic acids is 1. The van der Waals surface area contributed by atoms with Crippen molar-refractivity contribution >= 4 is 36.8 Å². The van der Waals surface area contributed by atoms with Crippen LogP contribution in [0.5, 0.6) is 28.7 Å². The average Bonchev–Trinajstić information content (AvgIpc) is 3.41. The van der Waals surface area contributed by atoms with E-state index in [-0.39, 0.29) is 11.1 Å². The number of urea groups is 1. The second kappa shape index (κ2) is 11.5. The first-order chi connectivity index (χ1) is 20.0. The summed E-state index contributed by atoms with van der Waals surface area (Å²) in [5.41, 5.74) is 1.30. The maximum Gasteiger partial charge on any atom is 0.327 e. The van der Waals surface area contributed by atoms with Gasteiger partial charge in [-0.1, -0.05) is 19.0 Å². The predicted octanol–water partition coefficient (Wildman–Crippen LogP) is 6.37. The van der Waals surface area contributed by atoms with E-state index in [0.29, 0.717) is 71.1 Å². The van der Waals surface area contributed by atoms with Crippen LogP contribution in [0.4, 0.5) is 16.3 Å². The number of hydrogen-bond acceptors (Lipinski definition) is 9. The Labute approximate surface area is 245 Å². The van der Waals surface area contributed by atoms with Crippen LogP contribution in [0.1, 0.15) is 26.0 Å². The Kier molecular flexibility index (Phi) is 8.02. The molecule has 1 aliphatic rings. The fraction of sp³-hybridized carbons (Fsp3) is 0.367. The van der Waals surface area contributed by atoms with Crippen LogP contribution < -0.4 is 29.2 Å². The summed E-state index contributed by atoms with van der Waals surface area (Å²) in [7, 11) is 0.820. The SMILES string of the molecule is COc1cc2nccc(Oc3ccc4c(c3)OCCN4C(=O)Nc3cc(CCC(C)(C)[Si](C)(C)O)on3)c2cc1OC. The minimum absolute atomic E-state index is 0.186. The number of hydrogen-bond donors (Lipinski definition) is 2. The van der Waals surface area contributed by atoms with Crippen LogP contribution in [0.2, 0.25) is 18.1 Å². The van der Waals surface area contributed by atoms with E-state index in [1.54, 1.807) is 61.7 Å². The first-order valence-corrected chi connectivity index (χ1v) is 16.7. The van der Waals surface area contributed by atoms with E-state index in [9.17, 15) is 9.59 Å². The maximum atomic E-state index is 13.2. The zero-order valence-electron chi connectivity index (χ0n) is 24.7. The molecular formula is C30H36N4O7Si. The molecule has 222 valence electrons. The molecule has 3 heterocycles. The van der Waals surface area contributed by atoms with Crippen molar-refractivity contribution in [1.29, 1.82) is 0 Å². The maximum absolute atomic E-state index is 13.2. The topological polar surface area (TPSA) is 128 Å². The van der Waals surface area contributed by atoms with E-state index < -0.39 is 8.32 Å². The first-order valence-electron chi connectivity index (χ1n) is 13.7. The number of methoxy groups -OCH3 is 2. The zero-order chi connectivity index (χ0) is 30.1. The second-order valence-corrected chi connectivity index (χ2v) is 15.8. The molecule has 0 fully saturated rings. The molecule has 0 saturated carbocycles. The van der Waals surface area contributed by atoms with Gasteiger partial charge in [0.15, 0.2) is 25.6 Å². The van der Waals surface area contributed by atoms with Gasteiger partial charge in [-0.05, 0) is 48.8 Å². The molecule has 0 atom stereocenters. The predicted molar refractivity (Wildman–Crippen MR) is 162 cm³/mol. The third-order valence-corrected chi connectivity index (χ3v) is 11.5. The van der Waals surface area contributed by atoms with Gasteiger partial charge in [0.05, 0.1) is 32.0 Å². The quantitative estimate of drug-likeness (QED) is 0.213. The van der Waals surface area contributed by atoms with Gasteiger partial charge in [0.2, 0.25) is 0 Å². The van der Waals surface area contributed by atoms with Gasteiger partial charge in [-0.15, -0.1) is 0 Å². The molecule has 0 bridgehead atoms. The minimum Gasteiger partial charge on any atom is -0.493 e. The molecule has 11 nitrogen and oxygen atoms in total. The lowest BCUT2D eigenvalue weighted by Gasteiger charge is -2.34. The fourth-order valence-electron chi connectivity index (χ4n) is 4.55. The monoisotopic (exact) mass is 592 g/mol. The third kappa shape index (κ3) is 5.99. The molecule has 0 aliphatic carbocycles. The minimum atomic E-state index is -2.33. The molecule has 42 heavy (non-hydrogen) atoms. The van der Waals surface area contributed by atoms with E-state index in [1.807, 2.05) is 19.2 Å². The normalized spacial score (nSPS) is 13.4. The smallest absolute Gasteiger partial charge is 0.327 e. The number of rotatable bonds is 9. The Morgan fingerprint density at radius 1 is 1.10 bits per heavy atom. The molecule has 0 unspecified atom stereocenters. The van der Waals surface area contributed by atoms with Crippen molar-refractivity contribution < 1.29 is 33.1 Å². The highest BCUT2D eigenvalue weighted by Crippen LogP contribution is 2.41.